The van der Waals surface area contributed by atoms with Gasteiger partial charge in [-0.05, 0) is 25.0 Å². The average molecular weight is 263 g/mol. The summed E-state index contributed by atoms with van der Waals surface area (Å²) >= 11 is 0. The molecule has 1 aromatic rings. The molecule has 0 aliphatic heterocycles. The van der Waals surface area contributed by atoms with Crippen molar-refractivity contribution >= 4 is 5.91 Å². The van der Waals surface area contributed by atoms with Crippen LogP contribution in [0.3, 0.4) is 0 Å². The van der Waals surface area contributed by atoms with Crippen molar-refractivity contribution < 1.29 is 14.6 Å². The maximum Gasteiger partial charge on any atom is 0.259 e. The van der Waals surface area contributed by atoms with Crippen molar-refractivity contribution in [1.82, 2.24) is 5.32 Å². The Morgan fingerprint density at radius 3 is 2.58 bits per heavy atom. The highest BCUT2D eigenvalue weighted by atomic mass is 16.5. The molecule has 0 unspecified atom stereocenters. The molecule has 0 heterocycles. The summed E-state index contributed by atoms with van der Waals surface area (Å²) in [6.07, 6.45) is 6.83. The topological polar surface area (TPSA) is 58.6 Å². The number of carbonyl (C=O) groups is 1. The quantitative estimate of drug-likeness (QED) is 0.824. The lowest BCUT2D eigenvalue weighted by Crippen LogP contribution is -2.34. The molecule has 1 aliphatic rings. The van der Waals surface area contributed by atoms with Crippen LogP contribution in [0.25, 0.3) is 0 Å². The van der Waals surface area contributed by atoms with E-state index in [0.717, 1.165) is 25.7 Å². The molecule has 2 N–H and O–H groups in total. The number of ether oxygens (including phenoxy) is 1. The third kappa shape index (κ3) is 3.40. The Balaban J connectivity index is 2.10. The second-order valence-corrected chi connectivity index (χ2v) is 5.02. The molecular formula is C15H21NO3. The zero-order chi connectivity index (χ0) is 13.7. The average Bonchev–Trinajstić information content (AvgIpc) is 2.66. The van der Waals surface area contributed by atoms with E-state index in [9.17, 15) is 9.90 Å². The fourth-order valence-corrected chi connectivity index (χ4v) is 2.60. The number of amides is 1. The highest BCUT2D eigenvalue weighted by Gasteiger charge is 2.21. The first kappa shape index (κ1) is 13.7. The summed E-state index contributed by atoms with van der Waals surface area (Å²) in [5.74, 6) is 0.124. The molecule has 1 saturated carbocycles. The van der Waals surface area contributed by atoms with Crippen LogP contribution in [0.2, 0.25) is 0 Å². The highest BCUT2D eigenvalue weighted by Crippen LogP contribution is 2.27. The van der Waals surface area contributed by atoms with Crippen LogP contribution in [0.5, 0.6) is 11.5 Å². The van der Waals surface area contributed by atoms with Crippen molar-refractivity contribution in [3.05, 3.63) is 23.8 Å². The largest absolute Gasteiger partial charge is 0.507 e. The lowest BCUT2D eigenvalue weighted by atomic mass is 10.1. The van der Waals surface area contributed by atoms with Crippen LogP contribution in [0, 0.1) is 0 Å². The molecule has 4 nitrogen and oxygen atoms in total. The molecule has 0 saturated heterocycles. The molecule has 0 atom stereocenters. The molecule has 19 heavy (non-hydrogen) atoms. The number of benzene rings is 1. The number of rotatable bonds is 3. The summed E-state index contributed by atoms with van der Waals surface area (Å²) in [5, 5.41) is 12.8. The third-order valence-corrected chi connectivity index (χ3v) is 3.64. The van der Waals surface area contributed by atoms with E-state index < -0.39 is 0 Å². The van der Waals surface area contributed by atoms with Gasteiger partial charge in [0.2, 0.25) is 0 Å². The molecule has 104 valence electrons. The Labute approximate surface area is 113 Å². The summed E-state index contributed by atoms with van der Waals surface area (Å²) in [5.41, 5.74) is 0.231. The Hall–Kier alpha value is -1.71. The Morgan fingerprint density at radius 2 is 1.95 bits per heavy atom. The predicted molar refractivity (Wildman–Crippen MR) is 73.6 cm³/mol. The van der Waals surface area contributed by atoms with Gasteiger partial charge >= 0.3 is 0 Å². The molecule has 0 spiro atoms. The molecule has 2 rings (SSSR count). The van der Waals surface area contributed by atoms with Gasteiger partial charge in [-0.25, -0.2) is 0 Å². The molecule has 1 aromatic carbocycles. The minimum Gasteiger partial charge on any atom is -0.507 e. The van der Waals surface area contributed by atoms with E-state index in [2.05, 4.69) is 5.32 Å². The van der Waals surface area contributed by atoms with E-state index in [1.54, 1.807) is 12.1 Å². The van der Waals surface area contributed by atoms with Gasteiger partial charge in [0.25, 0.3) is 5.91 Å². The Morgan fingerprint density at radius 1 is 1.26 bits per heavy atom. The number of methoxy groups -OCH3 is 1. The zero-order valence-electron chi connectivity index (χ0n) is 11.3. The molecule has 0 aromatic heterocycles. The van der Waals surface area contributed by atoms with Gasteiger partial charge in [0.1, 0.15) is 17.1 Å². The van der Waals surface area contributed by atoms with Gasteiger partial charge in [-0.2, -0.15) is 0 Å². The number of carbonyl (C=O) groups excluding carboxylic acids is 1. The lowest BCUT2D eigenvalue weighted by Gasteiger charge is -2.17. The number of aromatic hydroxyl groups is 1. The zero-order valence-corrected chi connectivity index (χ0v) is 11.3. The number of hydrogen-bond donors (Lipinski definition) is 2. The maximum atomic E-state index is 12.3. The molecule has 1 amide bonds. The summed E-state index contributed by atoms with van der Waals surface area (Å²) < 4.78 is 5.14. The Bertz CT molecular complexity index is 437. The van der Waals surface area contributed by atoms with Gasteiger partial charge in [0, 0.05) is 6.04 Å². The van der Waals surface area contributed by atoms with Crippen LogP contribution in [0.1, 0.15) is 48.9 Å². The van der Waals surface area contributed by atoms with Gasteiger partial charge in [-0.3, -0.25) is 4.79 Å². The second-order valence-electron chi connectivity index (χ2n) is 5.02. The van der Waals surface area contributed by atoms with Crippen molar-refractivity contribution in [2.24, 2.45) is 0 Å². The van der Waals surface area contributed by atoms with Crippen LogP contribution in [-0.4, -0.2) is 24.2 Å². The minimum atomic E-state index is -0.248. The summed E-state index contributed by atoms with van der Waals surface area (Å²) in [7, 11) is 1.50. The molecular weight excluding hydrogens is 242 g/mol. The van der Waals surface area contributed by atoms with E-state index in [4.69, 9.17) is 4.74 Å². The smallest absolute Gasteiger partial charge is 0.259 e. The van der Waals surface area contributed by atoms with Gasteiger partial charge in [-0.1, -0.05) is 31.7 Å². The fourth-order valence-electron chi connectivity index (χ4n) is 2.60. The first-order chi connectivity index (χ1) is 9.22. The number of phenols is 1. The summed E-state index contributed by atoms with van der Waals surface area (Å²) in [4.78, 5) is 12.3. The Kier molecular flexibility index (Phi) is 4.66. The van der Waals surface area contributed by atoms with Crippen LogP contribution < -0.4 is 10.1 Å². The summed E-state index contributed by atoms with van der Waals surface area (Å²) in [6, 6.07) is 5.06. The first-order valence-electron chi connectivity index (χ1n) is 6.89. The van der Waals surface area contributed by atoms with E-state index in [1.807, 2.05) is 0 Å². The third-order valence-electron chi connectivity index (χ3n) is 3.64. The second kappa shape index (κ2) is 6.45. The predicted octanol–water partition coefficient (Wildman–Crippen LogP) is 2.85. The molecule has 1 fully saturated rings. The van der Waals surface area contributed by atoms with Crippen LogP contribution in [0.4, 0.5) is 0 Å². The van der Waals surface area contributed by atoms with Crippen molar-refractivity contribution in [1.29, 1.82) is 0 Å². The van der Waals surface area contributed by atoms with Crippen molar-refractivity contribution in [3.63, 3.8) is 0 Å². The van der Waals surface area contributed by atoms with Crippen molar-refractivity contribution in [3.8, 4) is 11.5 Å². The SMILES string of the molecule is COc1cccc(O)c1C(=O)NC1CCCCCC1. The molecule has 4 heteroatoms. The van der Waals surface area contributed by atoms with Gasteiger partial charge in [-0.15, -0.1) is 0 Å². The number of nitrogens with one attached hydrogen (secondary N) is 1. The minimum absolute atomic E-state index is 0.0366. The van der Waals surface area contributed by atoms with Gasteiger partial charge < -0.3 is 15.2 Å². The monoisotopic (exact) mass is 263 g/mol. The maximum absolute atomic E-state index is 12.3. The highest BCUT2D eigenvalue weighted by molar-refractivity contribution is 5.99. The summed E-state index contributed by atoms with van der Waals surface area (Å²) in [6.45, 7) is 0. The number of hydrogen-bond acceptors (Lipinski definition) is 3. The standard InChI is InChI=1S/C15H21NO3/c1-19-13-10-6-9-12(17)14(13)15(18)16-11-7-4-2-3-5-8-11/h6,9-11,17H,2-5,7-8H2,1H3,(H,16,18). The normalized spacial score (nSPS) is 16.7. The van der Waals surface area contributed by atoms with E-state index in [0.29, 0.717) is 5.75 Å². The van der Waals surface area contributed by atoms with Crippen molar-refractivity contribution in [2.45, 2.75) is 44.6 Å². The lowest BCUT2D eigenvalue weighted by molar-refractivity contribution is 0.0927. The fraction of sp³-hybridized carbons (Fsp3) is 0.533. The van der Waals surface area contributed by atoms with Crippen LogP contribution in [-0.2, 0) is 0 Å². The van der Waals surface area contributed by atoms with Crippen LogP contribution in [0.15, 0.2) is 18.2 Å². The van der Waals surface area contributed by atoms with Crippen molar-refractivity contribution in [2.75, 3.05) is 7.11 Å². The molecule has 1 aliphatic carbocycles. The molecule has 0 bridgehead atoms. The van der Waals surface area contributed by atoms with Gasteiger partial charge in [0.15, 0.2) is 0 Å². The first-order valence-corrected chi connectivity index (χ1v) is 6.89. The molecule has 0 radical (unpaired) electrons. The van der Waals surface area contributed by atoms with Gasteiger partial charge in [0.05, 0.1) is 7.11 Å². The van der Waals surface area contributed by atoms with E-state index in [1.165, 1.54) is 26.0 Å². The van der Waals surface area contributed by atoms with E-state index >= 15 is 0 Å². The number of phenolic OH excluding ortho intramolecular Hbond substituents is 1. The van der Waals surface area contributed by atoms with E-state index in [-0.39, 0.29) is 23.3 Å². The van der Waals surface area contributed by atoms with Crippen LogP contribution >= 0.6 is 0 Å².